The zero-order valence-electron chi connectivity index (χ0n) is 4.05. The molecule has 39 valence electrons. The van der Waals surface area contributed by atoms with Crippen molar-refractivity contribution in [1.82, 2.24) is 5.32 Å². The highest BCUT2D eigenvalue weighted by atomic mass is 16.5. The van der Waals surface area contributed by atoms with Gasteiger partial charge in [-0.1, -0.05) is 0 Å². The van der Waals surface area contributed by atoms with Crippen molar-refractivity contribution >= 4 is 0 Å². The zero-order chi connectivity index (χ0) is 4.95. The van der Waals surface area contributed by atoms with E-state index in [9.17, 15) is 0 Å². The number of nitrogens with one attached hydrogen (secondary N) is 1. The molecule has 1 radical (unpaired) electrons. The van der Waals surface area contributed by atoms with Gasteiger partial charge in [-0.05, 0) is 6.08 Å². The summed E-state index contributed by atoms with van der Waals surface area (Å²) >= 11 is 0. The monoisotopic (exact) mass is 98.1 g/mol. The van der Waals surface area contributed by atoms with Gasteiger partial charge in [0.15, 0.2) is 0 Å². The summed E-state index contributed by atoms with van der Waals surface area (Å²) in [5, 5.41) is 3.01. The van der Waals surface area contributed by atoms with E-state index >= 15 is 0 Å². The molecule has 0 saturated carbocycles. The number of rotatable bonds is 0. The van der Waals surface area contributed by atoms with Crippen LogP contribution in [0.15, 0.2) is 12.3 Å². The highest BCUT2D eigenvalue weighted by Gasteiger charge is 1.86. The third-order valence-electron chi connectivity index (χ3n) is 0.758. The molecule has 0 aliphatic carbocycles. The lowest BCUT2D eigenvalue weighted by molar-refractivity contribution is 0.231. The van der Waals surface area contributed by atoms with Gasteiger partial charge in [0.05, 0.1) is 6.26 Å². The Labute approximate surface area is 43.2 Å². The van der Waals surface area contributed by atoms with Crippen molar-refractivity contribution < 1.29 is 4.74 Å². The summed E-state index contributed by atoms with van der Waals surface area (Å²) in [6.07, 6.45) is 5.58. The molecule has 0 aromatic carbocycles. The predicted molar refractivity (Wildman–Crippen MR) is 27.4 cm³/mol. The van der Waals surface area contributed by atoms with Crippen molar-refractivity contribution in [1.29, 1.82) is 0 Å². The molecule has 7 heavy (non-hydrogen) atoms. The van der Waals surface area contributed by atoms with Gasteiger partial charge in [-0.15, -0.1) is 0 Å². The second-order valence-electron chi connectivity index (χ2n) is 1.33. The summed E-state index contributed by atoms with van der Waals surface area (Å²) in [7, 11) is 0. The van der Waals surface area contributed by atoms with Crippen LogP contribution in [-0.4, -0.2) is 13.3 Å². The Morgan fingerprint density at radius 2 is 2.57 bits per heavy atom. The standard InChI is InChI=1S/C5H8NO/c1-2-4-7-5-6-3-1/h1-2,4,6H,3,5H2. The van der Waals surface area contributed by atoms with Crippen molar-refractivity contribution in [2.75, 3.05) is 13.3 Å². The smallest absolute Gasteiger partial charge is 0.138 e. The van der Waals surface area contributed by atoms with Crippen LogP contribution in [0.3, 0.4) is 0 Å². The average molecular weight is 98.1 g/mol. The minimum Gasteiger partial charge on any atom is -0.486 e. The Morgan fingerprint density at radius 1 is 1.57 bits per heavy atom. The van der Waals surface area contributed by atoms with Crippen LogP contribution in [0.5, 0.6) is 0 Å². The van der Waals surface area contributed by atoms with Gasteiger partial charge in [0.1, 0.15) is 6.73 Å². The minimum absolute atomic E-state index is 0.632. The Balaban J connectivity index is 2.20. The van der Waals surface area contributed by atoms with E-state index in [-0.39, 0.29) is 0 Å². The normalized spacial score (nSPS) is 20.6. The molecule has 0 fully saturated rings. The molecule has 0 bridgehead atoms. The lowest BCUT2D eigenvalue weighted by atomic mass is 10.4. The van der Waals surface area contributed by atoms with Crippen molar-refractivity contribution in [3.63, 3.8) is 0 Å². The Morgan fingerprint density at radius 3 is 3.57 bits per heavy atom. The van der Waals surface area contributed by atoms with Gasteiger partial charge in [-0.3, -0.25) is 5.32 Å². The maximum atomic E-state index is 4.87. The Bertz CT molecular complexity index is 62.5. The van der Waals surface area contributed by atoms with Gasteiger partial charge < -0.3 is 4.74 Å². The molecule has 2 nitrogen and oxygen atoms in total. The maximum absolute atomic E-state index is 4.87. The highest BCUT2D eigenvalue weighted by Crippen LogP contribution is 1.84. The average Bonchev–Trinajstić information content (AvgIpc) is 1.90. The van der Waals surface area contributed by atoms with Crippen LogP contribution in [0.1, 0.15) is 0 Å². The molecule has 0 amide bonds. The second-order valence-corrected chi connectivity index (χ2v) is 1.33. The SMILES string of the molecule is [CH]1C=COCNC1. The predicted octanol–water partition coefficient (Wildman–Crippen LogP) is 0.282. The van der Waals surface area contributed by atoms with E-state index in [4.69, 9.17) is 4.74 Å². The van der Waals surface area contributed by atoms with Gasteiger partial charge in [-0.2, -0.15) is 0 Å². The quantitative estimate of drug-likeness (QED) is 0.470. The van der Waals surface area contributed by atoms with Gasteiger partial charge in [0.25, 0.3) is 0 Å². The van der Waals surface area contributed by atoms with Crippen molar-refractivity contribution in [3.8, 4) is 0 Å². The lowest BCUT2D eigenvalue weighted by Crippen LogP contribution is -2.15. The molecule has 1 rings (SSSR count). The third-order valence-corrected chi connectivity index (χ3v) is 0.758. The van der Waals surface area contributed by atoms with Crippen LogP contribution in [0, 0.1) is 6.42 Å². The van der Waals surface area contributed by atoms with E-state index in [1.165, 1.54) is 0 Å². The molecule has 0 atom stereocenters. The largest absolute Gasteiger partial charge is 0.486 e. The fraction of sp³-hybridized carbons (Fsp3) is 0.400. The first kappa shape index (κ1) is 4.65. The molecule has 0 unspecified atom stereocenters. The second kappa shape index (κ2) is 2.64. The minimum atomic E-state index is 0.632. The Hall–Kier alpha value is -0.500. The topological polar surface area (TPSA) is 21.3 Å². The van der Waals surface area contributed by atoms with Crippen molar-refractivity contribution in [2.24, 2.45) is 0 Å². The number of hydrogen-bond acceptors (Lipinski definition) is 2. The van der Waals surface area contributed by atoms with E-state index in [0.29, 0.717) is 6.73 Å². The summed E-state index contributed by atoms with van der Waals surface area (Å²) in [6, 6.07) is 0. The van der Waals surface area contributed by atoms with Crippen LogP contribution < -0.4 is 5.32 Å². The third kappa shape index (κ3) is 1.59. The fourth-order valence-electron chi connectivity index (χ4n) is 0.428. The van der Waals surface area contributed by atoms with Crippen LogP contribution in [0.4, 0.5) is 0 Å². The fourth-order valence-corrected chi connectivity index (χ4v) is 0.428. The van der Waals surface area contributed by atoms with Gasteiger partial charge in [-0.25, -0.2) is 0 Å². The molecule has 1 aliphatic rings. The van der Waals surface area contributed by atoms with Crippen molar-refractivity contribution in [2.45, 2.75) is 0 Å². The maximum Gasteiger partial charge on any atom is 0.138 e. The molecule has 0 aromatic heterocycles. The van der Waals surface area contributed by atoms with Gasteiger partial charge in [0, 0.05) is 13.0 Å². The summed E-state index contributed by atoms with van der Waals surface area (Å²) in [5.41, 5.74) is 0. The van der Waals surface area contributed by atoms with E-state index in [0.717, 1.165) is 6.54 Å². The molecule has 1 N–H and O–H groups in total. The zero-order valence-corrected chi connectivity index (χ0v) is 4.05. The molecule has 1 heterocycles. The lowest BCUT2D eigenvalue weighted by Gasteiger charge is -1.94. The van der Waals surface area contributed by atoms with Crippen LogP contribution in [0.2, 0.25) is 0 Å². The highest BCUT2D eigenvalue weighted by molar-refractivity contribution is 4.92. The molecule has 1 aliphatic heterocycles. The first-order chi connectivity index (χ1) is 3.50. The first-order valence-electron chi connectivity index (χ1n) is 2.31. The summed E-state index contributed by atoms with van der Waals surface area (Å²) in [5.74, 6) is 0. The summed E-state index contributed by atoms with van der Waals surface area (Å²) < 4.78 is 4.87. The molecular weight excluding hydrogens is 90.1 g/mol. The number of hydrogen-bond donors (Lipinski definition) is 1. The van der Waals surface area contributed by atoms with E-state index in [1.54, 1.807) is 6.26 Å². The summed E-state index contributed by atoms with van der Waals surface area (Å²) in [4.78, 5) is 0. The molecular formula is C5H8NO. The summed E-state index contributed by atoms with van der Waals surface area (Å²) in [6.45, 7) is 1.55. The van der Waals surface area contributed by atoms with Gasteiger partial charge in [0.2, 0.25) is 0 Å². The molecule has 0 saturated heterocycles. The van der Waals surface area contributed by atoms with Crippen LogP contribution in [0.25, 0.3) is 0 Å². The van der Waals surface area contributed by atoms with Crippen molar-refractivity contribution in [3.05, 3.63) is 18.8 Å². The molecule has 0 aromatic rings. The number of ether oxygens (including phenoxy) is 1. The molecule has 0 spiro atoms. The van der Waals surface area contributed by atoms with Gasteiger partial charge >= 0.3 is 0 Å². The van der Waals surface area contributed by atoms with Crippen LogP contribution in [-0.2, 0) is 4.74 Å². The molecule has 2 heteroatoms. The van der Waals surface area contributed by atoms with E-state index < -0.39 is 0 Å². The van der Waals surface area contributed by atoms with Crippen LogP contribution >= 0.6 is 0 Å². The van der Waals surface area contributed by atoms with E-state index in [1.807, 2.05) is 12.5 Å². The first-order valence-corrected chi connectivity index (χ1v) is 2.31. The Kier molecular flexibility index (Phi) is 1.75. The van der Waals surface area contributed by atoms with E-state index in [2.05, 4.69) is 5.32 Å².